The number of carbonyl (C=O) groups is 2. The molecule has 0 fully saturated rings. The van der Waals surface area contributed by atoms with Crippen molar-refractivity contribution in [3.05, 3.63) is 77.6 Å². The highest BCUT2D eigenvalue weighted by atomic mass is 16.2. The normalized spacial score (nSPS) is 10.8. The van der Waals surface area contributed by atoms with Crippen molar-refractivity contribution in [2.75, 3.05) is 10.6 Å². The number of aryl methyl sites for hydroxylation is 2. The van der Waals surface area contributed by atoms with Gasteiger partial charge in [0.05, 0.1) is 0 Å². The highest BCUT2D eigenvalue weighted by molar-refractivity contribution is 6.04. The Morgan fingerprint density at radius 2 is 1.25 bits per heavy atom. The zero-order valence-electron chi connectivity index (χ0n) is 16.6. The number of nitrogens with one attached hydrogen (secondary N) is 2. The first-order valence-electron chi connectivity index (χ1n) is 9.33. The summed E-state index contributed by atoms with van der Waals surface area (Å²) in [5, 5.41) is 5.71. The van der Waals surface area contributed by atoms with Crippen LogP contribution in [0.1, 0.15) is 35.6 Å². The second-order valence-electron chi connectivity index (χ2n) is 7.17. The molecule has 0 atom stereocenters. The number of hydrogen-bond donors (Lipinski definition) is 2. The summed E-state index contributed by atoms with van der Waals surface area (Å²) in [7, 11) is 0. The molecule has 5 heteroatoms. The summed E-state index contributed by atoms with van der Waals surface area (Å²) in [6.07, 6.45) is 0. The maximum absolute atomic E-state index is 12.5. The van der Waals surface area contributed by atoms with Gasteiger partial charge in [-0.1, -0.05) is 13.8 Å². The van der Waals surface area contributed by atoms with Crippen LogP contribution in [0.15, 0.2) is 60.7 Å². The molecule has 0 spiro atoms. The standard InChI is InChI=1S/C23H25N3O2/c1-15(2)22(27)24-19-9-11-20(12-10-19)25-23(28)18-7-13-21(14-8-18)26-16(3)5-6-17(26)4/h5-15H,1-4H3,(H,24,27)(H,25,28). The Balaban J connectivity index is 1.67. The molecule has 0 saturated carbocycles. The van der Waals surface area contributed by atoms with Crippen LogP contribution < -0.4 is 10.6 Å². The fourth-order valence-corrected chi connectivity index (χ4v) is 2.96. The van der Waals surface area contributed by atoms with Crippen molar-refractivity contribution in [2.24, 2.45) is 5.92 Å². The largest absolute Gasteiger partial charge is 0.326 e. The molecule has 144 valence electrons. The molecule has 2 amide bonds. The summed E-state index contributed by atoms with van der Waals surface area (Å²) < 4.78 is 2.14. The fourth-order valence-electron chi connectivity index (χ4n) is 2.96. The number of aromatic nitrogens is 1. The van der Waals surface area contributed by atoms with Crippen molar-refractivity contribution in [3.63, 3.8) is 0 Å². The molecule has 1 aromatic heterocycles. The fraction of sp³-hybridized carbons (Fsp3) is 0.217. The number of benzene rings is 2. The van der Waals surface area contributed by atoms with Gasteiger partial charge in [-0.05, 0) is 74.5 Å². The van der Waals surface area contributed by atoms with Crippen LogP contribution in [0.5, 0.6) is 0 Å². The van der Waals surface area contributed by atoms with E-state index in [1.807, 2.05) is 38.1 Å². The van der Waals surface area contributed by atoms with Gasteiger partial charge in [-0.15, -0.1) is 0 Å². The van der Waals surface area contributed by atoms with Gasteiger partial charge in [0.2, 0.25) is 5.91 Å². The number of rotatable bonds is 5. The Kier molecular flexibility index (Phi) is 5.64. The molecule has 0 unspecified atom stereocenters. The minimum absolute atomic E-state index is 0.0370. The van der Waals surface area contributed by atoms with E-state index in [-0.39, 0.29) is 17.7 Å². The Bertz CT molecular complexity index is 964. The monoisotopic (exact) mass is 375 g/mol. The number of carbonyl (C=O) groups excluding carboxylic acids is 2. The minimum Gasteiger partial charge on any atom is -0.326 e. The summed E-state index contributed by atoms with van der Waals surface area (Å²) in [4.78, 5) is 24.2. The van der Waals surface area contributed by atoms with Crippen molar-refractivity contribution in [3.8, 4) is 5.69 Å². The molecule has 0 saturated heterocycles. The number of hydrogen-bond acceptors (Lipinski definition) is 2. The van der Waals surface area contributed by atoms with Gasteiger partial charge in [0.25, 0.3) is 5.91 Å². The highest BCUT2D eigenvalue weighted by Gasteiger charge is 2.10. The first-order chi connectivity index (χ1) is 13.3. The predicted molar refractivity (Wildman–Crippen MR) is 113 cm³/mol. The third-order valence-corrected chi connectivity index (χ3v) is 4.59. The van der Waals surface area contributed by atoms with Crippen LogP contribution in [0.25, 0.3) is 5.69 Å². The van der Waals surface area contributed by atoms with E-state index in [9.17, 15) is 9.59 Å². The van der Waals surface area contributed by atoms with E-state index in [1.54, 1.807) is 24.3 Å². The van der Waals surface area contributed by atoms with Crippen molar-refractivity contribution in [1.29, 1.82) is 0 Å². The molecule has 2 aromatic carbocycles. The van der Waals surface area contributed by atoms with E-state index in [0.29, 0.717) is 16.9 Å². The van der Waals surface area contributed by atoms with Crippen LogP contribution in [0.2, 0.25) is 0 Å². The van der Waals surface area contributed by atoms with Gasteiger partial charge in [-0.3, -0.25) is 9.59 Å². The van der Waals surface area contributed by atoms with Gasteiger partial charge in [0, 0.05) is 39.9 Å². The van der Waals surface area contributed by atoms with Crippen LogP contribution in [0, 0.1) is 19.8 Å². The topological polar surface area (TPSA) is 63.1 Å². The molecule has 0 aliphatic rings. The summed E-state index contributed by atoms with van der Waals surface area (Å²) in [6, 6.07) is 18.8. The number of nitrogens with zero attached hydrogens (tertiary/aromatic N) is 1. The maximum Gasteiger partial charge on any atom is 0.255 e. The second kappa shape index (κ2) is 8.13. The quantitative estimate of drug-likeness (QED) is 0.663. The van der Waals surface area contributed by atoms with Gasteiger partial charge in [-0.25, -0.2) is 0 Å². The highest BCUT2D eigenvalue weighted by Crippen LogP contribution is 2.19. The molecule has 3 rings (SSSR count). The molecule has 3 aromatic rings. The van der Waals surface area contributed by atoms with Gasteiger partial charge in [0.1, 0.15) is 0 Å². The molecule has 0 bridgehead atoms. The lowest BCUT2D eigenvalue weighted by atomic mass is 10.1. The summed E-state index contributed by atoms with van der Waals surface area (Å²) in [5.41, 5.74) is 5.30. The zero-order valence-corrected chi connectivity index (χ0v) is 16.6. The molecule has 0 aliphatic heterocycles. The Morgan fingerprint density at radius 1 is 0.750 bits per heavy atom. The van der Waals surface area contributed by atoms with Gasteiger partial charge in [0.15, 0.2) is 0 Å². The van der Waals surface area contributed by atoms with Crippen LogP contribution >= 0.6 is 0 Å². The lowest BCUT2D eigenvalue weighted by Crippen LogP contribution is -2.17. The summed E-state index contributed by atoms with van der Waals surface area (Å²) in [5.74, 6) is -0.294. The molecular formula is C23H25N3O2. The smallest absolute Gasteiger partial charge is 0.255 e. The number of amides is 2. The Labute approximate surface area is 165 Å². The molecule has 0 radical (unpaired) electrons. The summed E-state index contributed by atoms with van der Waals surface area (Å²) in [6.45, 7) is 7.80. The zero-order chi connectivity index (χ0) is 20.3. The molecule has 5 nitrogen and oxygen atoms in total. The van der Waals surface area contributed by atoms with E-state index in [0.717, 1.165) is 17.1 Å². The van der Waals surface area contributed by atoms with Gasteiger partial charge >= 0.3 is 0 Å². The van der Waals surface area contributed by atoms with Crippen LogP contribution in [-0.2, 0) is 4.79 Å². The summed E-state index contributed by atoms with van der Waals surface area (Å²) >= 11 is 0. The maximum atomic E-state index is 12.5. The van der Waals surface area contributed by atoms with Gasteiger partial charge in [-0.2, -0.15) is 0 Å². The third kappa shape index (κ3) is 4.31. The van der Waals surface area contributed by atoms with Gasteiger partial charge < -0.3 is 15.2 Å². The van der Waals surface area contributed by atoms with E-state index >= 15 is 0 Å². The van der Waals surface area contributed by atoms with Crippen molar-refractivity contribution < 1.29 is 9.59 Å². The first-order valence-corrected chi connectivity index (χ1v) is 9.33. The van der Waals surface area contributed by atoms with Crippen molar-refractivity contribution in [2.45, 2.75) is 27.7 Å². The molecular weight excluding hydrogens is 350 g/mol. The molecule has 0 aliphatic carbocycles. The third-order valence-electron chi connectivity index (χ3n) is 4.59. The van der Waals surface area contributed by atoms with E-state index < -0.39 is 0 Å². The van der Waals surface area contributed by atoms with E-state index in [2.05, 4.69) is 41.2 Å². The van der Waals surface area contributed by atoms with E-state index in [1.165, 1.54) is 0 Å². The van der Waals surface area contributed by atoms with Crippen molar-refractivity contribution >= 4 is 23.2 Å². The molecule has 28 heavy (non-hydrogen) atoms. The van der Waals surface area contributed by atoms with Crippen LogP contribution in [0.3, 0.4) is 0 Å². The van der Waals surface area contributed by atoms with Crippen LogP contribution in [-0.4, -0.2) is 16.4 Å². The predicted octanol–water partition coefficient (Wildman–Crippen LogP) is 4.94. The lowest BCUT2D eigenvalue weighted by molar-refractivity contribution is -0.118. The van der Waals surface area contributed by atoms with Crippen LogP contribution in [0.4, 0.5) is 11.4 Å². The van der Waals surface area contributed by atoms with E-state index in [4.69, 9.17) is 0 Å². The van der Waals surface area contributed by atoms with Crippen molar-refractivity contribution in [1.82, 2.24) is 4.57 Å². The average Bonchev–Trinajstić information content (AvgIpc) is 3.01. The lowest BCUT2D eigenvalue weighted by Gasteiger charge is -2.11. The molecule has 2 N–H and O–H groups in total. The SMILES string of the molecule is Cc1ccc(C)n1-c1ccc(C(=O)Nc2ccc(NC(=O)C(C)C)cc2)cc1. The second-order valence-corrected chi connectivity index (χ2v) is 7.17. The first kappa shape index (κ1) is 19.4. The Morgan fingerprint density at radius 3 is 1.75 bits per heavy atom. The Hall–Kier alpha value is -3.34. The minimum atomic E-state index is -0.175. The average molecular weight is 375 g/mol. The number of anilines is 2. The molecule has 1 heterocycles.